The summed E-state index contributed by atoms with van der Waals surface area (Å²) in [5.41, 5.74) is 11.3. The minimum absolute atomic E-state index is 0.788. The van der Waals surface area contributed by atoms with Crippen LogP contribution in [0.5, 0.6) is 0 Å². The number of anilines is 4. The van der Waals surface area contributed by atoms with Gasteiger partial charge in [-0.25, -0.2) is 0 Å². The first-order chi connectivity index (χ1) is 8.33. The van der Waals surface area contributed by atoms with Crippen molar-refractivity contribution in [1.29, 1.82) is 0 Å². The molecule has 0 aromatic heterocycles. The van der Waals surface area contributed by atoms with Crippen LogP contribution in [-0.4, -0.2) is 6.54 Å². The van der Waals surface area contributed by atoms with Gasteiger partial charge < -0.3 is 16.4 Å². The van der Waals surface area contributed by atoms with E-state index in [4.69, 9.17) is 5.73 Å². The van der Waals surface area contributed by atoms with Crippen LogP contribution in [0.1, 0.15) is 5.56 Å². The summed E-state index contributed by atoms with van der Waals surface area (Å²) in [5, 5.41) is 6.81. The highest BCUT2D eigenvalue weighted by Gasteiger charge is 2.13. The molecule has 3 nitrogen and oxygen atoms in total. The average molecular weight is 225 g/mol. The molecule has 0 unspecified atom stereocenters. The SMILES string of the molecule is Nc1ccc(Nc2cccc3c2CCN3)cc1. The van der Waals surface area contributed by atoms with Gasteiger partial charge in [-0.15, -0.1) is 0 Å². The van der Waals surface area contributed by atoms with Crippen molar-refractivity contribution in [1.82, 2.24) is 0 Å². The fourth-order valence-electron chi connectivity index (χ4n) is 2.18. The van der Waals surface area contributed by atoms with Crippen molar-refractivity contribution in [3.63, 3.8) is 0 Å². The Morgan fingerprint density at radius 2 is 1.88 bits per heavy atom. The van der Waals surface area contributed by atoms with Gasteiger partial charge in [-0.1, -0.05) is 6.07 Å². The molecule has 0 saturated heterocycles. The molecule has 1 heterocycles. The maximum Gasteiger partial charge on any atom is 0.0438 e. The lowest BCUT2D eigenvalue weighted by atomic mass is 10.1. The van der Waals surface area contributed by atoms with Gasteiger partial charge in [0, 0.05) is 34.9 Å². The normalized spacial score (nSPS) is 12.9. The summed E-state index contributed by atoms with van der Waals surface area (Å²) in [6.07, 6.45) is 1.08. The highest BCUT2D eigenvalue weighted by Crippen LogP contribution is 2.31. The van der Waals surface area contributed by atoms with Crippen LogP contribution in [-0.2, 0) is 6.42 Å². The summed E-state index contributed by atoms with van der Waals surface area (Å²) in [4.78, 5) is 0. The molecule has 4 N–H and O–H groups in total. The highest BCUT2D eigenvalue weighted by molar-refractivity contribution is 5.73. The van der Waals surface area contributed by atoms with Crippen molar-refractivity contribution in [2.45, 2.75) is 6.42 Å². The molecular formula is C14H15N3. The molecule has 0 bridgehead atoms. The van der Waals surface area contributed by atoms with Gasteiger partial charge in [-0.3, -0.25) is 0 Å². The van der Waals surface area contributed by atoms with Gasteiger partial charge in [0.1, 0.15) is 0 Å². The Morgan fingerprint density at radius 1 is 1.06 bits per heavy atom. The first kappa shape index (κ1) is 10.0. The minimum Gasteiger partial charge on any atom is -0.399 e. The summed E-state index contributed by atoms with van der Waals surface area (Å²) in [5.74, 6) is 0. The van der Waals surface area contributed by atoms with Gasteiger partial charge >= 0.3 is 0 Å². The highest BCUT2D eigenvalue weighted by atomic mass is 14.9. The van der Waals surface area contributed by atoms with Crippen LogP contribution in [0.15, 0.2) is 42.5 Å². The second kappa shape index (κ2) is 4.01. The van der Waals surface area contributed by atoms with Crippen molar-refractivity contribution in [3.8, 4) is 0 Å². The van der Waals surface area contributed by atoms with Gasteiger partial charge in [0.25, 0.3) is 0 Å². The smallest absolute Gasteiger partial charge is 0.0438 e. The van der Waals surface area contributed by atoms with Crippen molar-refractivity contribution >= 4 is 22.7 Å². The number of hydrogen-bond donors (Lipinski definition) is 3. The molecule has 86 valence electrons. The zero-order valence-corrected chi connectivity index (χ0v) is 9.53. The van der Waals surface area contributed by atoms with Gasteiger partial charge in [0.05, 0.1) is 0 Å². The molecule has 0 spiro atoms. The van der Waals surface area contributed by atoms with Crippen LogP contribution in [0.2, 0.25) is 0 Å². The number of hydrogen-bond acceptors (Lipinski definition) is 3. The second-order valence-corrected chi connectivity index (χ2v) is 4.26. The van der Waals surface area contributed by atoms with Crippen molar-refractivity contribution in [3.05, 3.63) is 48.0 Å². The van der Waals surface area contributed by atoms with E-state index in [1.807, 2.05) is 24.3 Å². The second-order valence-electron chi connectivity index (χ2n) is 4.26. The van der Waals surface area contributed by atoms with E-state index < -0.39 is 0 Å². The number of nitrogens with one attached hydrogen (secondary N) is 2. The molecule has 2 aromatic rings. The zero-order chi connectivity index (χ0) is 11.7. The van der Waals surface area contributed by atoms with Crippen molar-refractivity contribution in [2.24, 2.45) is 0 Å². The third-order valence-corrected chi connectivity index (χ3v) is 3.06. The van der Waals surface area contributed by atoms with E-state index in [0.717, 1.165) is 24.3 Å². The molecule has 0 radical (unpaired) electrons. The lowest BCUT2D eigenvalue weighted by Gasteiger charge is -2.11. The first-order valence-corrected chi connectivity index (χ1v) is 5.81. The van der Waals surface area contributed by atoms with E-state index >= 15 is 0 Å². The van der Waals surface area contributed by atoms with Crippen molar-refractivity contribution in [2.75, 3.05) is 22.9 Å². The summed E-state index contributed by atoms with van der Waals surface area (Å²) >= 11 is 0. The molecule has 1 aliphatic rings. The zero-order valence-electron chi connectivity index (χ0n) is 9.53. The Balaban J connectivity index is 1.91. The molecule has 0 saturated carbocycles. The Kier molecular flexibility index (Phi) is 2.37. The summed E-state index contributed by atoms with van der Waals surface area (Å²) < 4.78 is 0. The standard InChI is InChI=1S/C14H15N3/c15-10-4-6-11(7-5-10)17-14-3-1-2-13-12(14)8-9-16-13/h1-7,16-17H,8-9,15H2. The monoisotopic (exact) mass is 225 g/mol. The lowest BCUT2D eigenvalue weighted by Crippen LogP contribution is -1.94. The van der Waals surface area contributed by atoms with Gasteiger partial charge in [-0.2, -0.15) is 0 Å². The largest absolute Gasteiger partial charge is 0.399 e. The molecule has 3 rings (SSSR count). The molecular weight excluding hydrogens is 210 g/mol. The van der Waals surface area contributed by atoms with Crippen LogP contribution >= 0.6 is 0 Å². The van der Waals surface area contributed by atoms with E-state index in [0.29, 0.717) is 0 Å². The Bertz CT molecular complexity index is 532. The van der Waals surface area contributed by atoms with Gasteiger partial charge in [0.2, 0.25) is 0 Å². The number of rotatable bonds is 2. The van der Waals surface area contributed by atoms with E-state index in [9.17, 15) is 0 Å². The lowest BCUT2D eigenvalue weighted by molar-refractivity contribution is 1.11. The predicted molar refractivity (Wildman–Crippen MR) is 72.8 cm³/mol. The quantitative estimate of drug-likeness (QED) is 0.689. The summed E-state index contributed by atoms with van der Waals surface area (Å²) in [7, 11) is 0. The molecule has 0 aliphatic carbocycles. The molecule has 0 atom stereocenters. The van der Waals surface area contributed by atoms with E-state index in [-0.39, 0.29) is 0 Å². The maximum atomic E-state index is 5.67. The Morgan fingerprint density at radius 3 is 2.71 bits per heavy atom. The fourth-order valence-corrected chi connectivity index (χ4v) is 2.18. The third-order valence-electron chi connectivity index (χ3n) is 3.06. The molecule has 0 amide bonds. The Labute approximate surface area is 101 Å². The average Bonchev–Trinajstić information content (AvgIpc) is 2.81. The molecule has 2 aromatic carbocycles. The molecule has 3 heteroatoms. The Hall–Kier alpha value is -2.16. The fraction of sp³-hybridized carbons (Fsp3) is 0.143. The number of fused-ring (bicyclic) bond motifs is 1. The first-order valence-electron chi connectivity index (χ1n) is 5.81. The molecule has 0 fully saturated rings. The van der Waals surface area contributed by atoms with Crippen molar-refractivity contribution < 1.29 is 0 Å². The van der Waals surface area contributed by atoms with Gasteiger partial charge in [-0.05, 0) is 42.8 Å². The van der Waals surface area contributed by atoms with E-state index in [1.165, 1.54) is 16.9 Å². The van der Waals surface area contributed by atoms with Crippen LogP contribution in [0.25, 0.3) is 0 Å². The maximum absolute atomic E-state index is 5.67. The molecule has 17 heavy (non-hydrogen) atoms. The number of nitrogen functional groups attached to an aromatic ring is 1. The molecule has 1 aliphatic heterocycles. The summed E-state index contributed by atoms with van der Waals surface area (Å²) in [6, 6.07) is 14.1. The van der Waals surface area contributed by atoms with Gasteiger partial charge in [0.15, 0.2) is 0 Å². The number of benzene rings is 2. The summed E-state index contributed by atoms with van der Waals surface area (Å²) in [6.45, 7) is 1.02. The van der Waals surface area contributed by atoms with Crippen LogP contribution < -0.4 is 16.4 Å². The third kappa shape index (κ3) is 1.91. The topological polar surface area (TPSA) is 50.1 Å². The predicted octanol–water partition coefficient (Wildman–Crippen LogP) is 2.98. The van der Waals surface area contributed by atoms with E-state index in [2.05, 4.69) is 28.8 Å². The van der Waals surface area contributed by atoms with E-state index in [1.54, 1.807) is 0 Å². The van der Waals surface area contributed by atoms with Crippen LogP contribution in [0.4, 0.5) is 22.7 Å². The van der Waals surface area contributed by atoms with Crippen LogP contribution in [0, 0.1) is 0 Å². The minimum atomic E-state index is 0.788. The van der Waals surface area contributed by atoms with Crippen LogP contribution in [0.3, 0.4) is 0 Å². The number of nitrogens with two attached hydrogens (primary N) is 1.